The first-order valence-electron chi connectivity index (χ1n) is 7.71. The third kappa shape index (κ3) is 3.59. The topological polar surface area (TPSA) is 53.6 Å². The molecule has 6 heteroatoms. The Labute approximate surface area is 139 Å². The number of aromatic nitrogens is 3. The second-order valence-electron chi connectivity index (χ2n) is 5.91. The van der Waals surface area contributed by atoms with E-state index >= 15 is 0 Å². The van der Waals surface area contributed by atoms with Crippen LogP contribution in [0.3, 0.4) is 0 Å². The highest BCUT2D eigenvalue weighted by Crippen LogP contribution is 2.28. The SMILES string of the molecule is CC(C)c1[nH]ncc1-c1ccnc(NCc2cc(F)cc(F)c2)c1. The zero-order valence-electron chi connectivity index (χ0n) is 13.5. The summed E-state index contributed by atoms with van der Waals surface area (Å²) in [6, 6.07) is 7.25. The Morgan fingerprint density at radius 1 is 1.12 bits per heavy atom. The minimum absolute atomic E-state index is 0.285. The first-order chi connectivity index (χ1) is 11.5. The highest BCUT2D eigenvalue weighted by atomic mass is 19.1. The highest BCUT2D eigenvalue weighted by molar-refractivity contribution is 5.68. The minimum Gasteiger partial charge on any atom is -0.366 e. The molecule has 0 amide bonds. The van der Waals surface area contributed by atoms with Gasteiger partial charge in [0.05, 0.1) is 6.20 Å². The quantitative estimate of drug-likeness (QED) is 0.726. The molecule has 3 aromatic rings. The third-order valence-corrected chi connectivity index (χ3v) is 3.71. The van der Waals surface area contributed by atoms with Crippen molar-refractivity contribution in [2.75, 3.05) is 5.32 Å². The molecule has 24 heavy (non-hydrogen) atoms. The number of rotatable bonds is 5. The minimum atomic E-state index is -0.589. The van der Waals surface area contributed by atoms with Gasteiger partial charge in [-0.25, -0.2) is 13.8 Å². The molecule has 2 N–H and O–H groups in total. The number of H-pyrrole nitrogens is 1. The van der Waals surface area contributed by atoms with Crippen LogP contribution in [-0.4, -0.2) is 15.2 Å². The number of benzene rings is 1. The van der Waals surface area contributed by atoms with E-state index in [1.165, 1.54) is 12.1 Å². The fraction of sp³-hybridized carbons (Fsp3) is 0.222. The lowest BCUT2D eigenvalue weighted by Crippen LogP contribution is -2.02. The van der Waals surface area contributed by atoms with E-state index in [2.05, 4.69) is 34.3 Å². The molecule has 0 saturated carbocycles. The highest BCUT2D eigenvalue weighted by Gasteiger charge is 2.11. The molecule has 0 bridgehead atoms. The molecule has 0 aliphatic heterocycles. The Bertz CT molecular complexity index is 822. The number of pyridine rings is 1. The molecule has 3 rings (SSSR count). The van der Waals surface area contributed by atoms with Crippen molar-refractivity contribution in [3.05, 3.63) is 65.6 Å². The van der Waals surface area contributed by atoms with Crippen LogP contribution in [0.5, 0.6) is 0 Å². The van der Waals surface area contributed by atoms with E-state index in [9.17, 15) is 8.78 Å². The van der Waals surface area contributed by atoms with Crippen molar-refractivity contribution in [3.63, 3.8) is 0 Å². The molecule has 4 nitrogen and oxygen atoms in total. The molecule has 0 radical (unpaired) electrons. The summed E-state index contributed by atoms with van der Waals surface area (Å²) in [5.74, 6) is -0.225. The summed E-state index contributed by atoms with van der Waals surface area (Å²) < 4.78 is 26.5. The zero-order chi connectivity index (χ0) is 17.1. The smallest absolute Gasteiger partial charge is 0.126 e. The molecule has 0 aliphatic carbocycles. The summed E-state index contributed by atoms with van der Waals surface area (Å²) in [6.45, 7) is 4.47. The van der Waals surface area contributed by atoms with Gasteiger partial charge in [0.2, 0.25) is 0 Å². The van der Waals surface area contributed by atoms with Gasteiger partial charge >= 0.3 is 0 Å². The zero-order valence-corrected chi connectivity index (χ0v) is 13.5. The Morgan fingerprint density at radius 3 is 2.58 bits per heavy atom. The Balaban J connectivity index is 1.79. The van der Waals surface area contributed by atoms with Gasteiger partial charge in [-0.05, 0) is 41.3 Å². The van der Waals surface area contributed by atoms with Crippen LogP contribution in [0.2, 0.25) is 0 Å². The van der Waals surface area contributed by atoms with Crippen LogP contribution in [0, 0.1) is 11.6 Å². The molecule has 0 fully saturated rings. The maximum atomic E-state index is 13.2. The summed E-state index contributed by atoms with van der Waals surface area (Å²) in [5.41, 5.74) is 3.58. The Hall–Kier alpha value is -2.76. The molecule has 0 atom stereocenters. The summed E-state index contributed by atoms with van der Waals surface area (Å²) in [4.78, 5) is 4.25. The molecule has 0 saturated heterocycles. The van der Waals surface area contributed by atoms with Gasteiger partial charge in [-0.2, -0.15) is 5.10 Å². The fourth-order valence-electron chi connectivity index (χ4n) is 2.57. The number of nitrogens with one attached hydrogen (secondary N) is 2. The number of hydrogen-bond donors (Lipinski definition) is 2. The lowest BCUT2D eigenvalue weighted by atomic mass is 10.0. The number of hydrogen-bond acceptors (Lipinski definition) is 3. The standard InChI is InChI=1S/C18H18F2N4/c1-11(2)18-16(10-23-24-18)13-3-4-21-17(7-13)22-9-12-5-14(19)8-15(20)6-12/h3-8,10-11H,9H2,1-2H3,(H,21,22)(H,23,24). The van der Waals surface area contributed by atoms with Gasteiger partial charge in [0.15, 0.2) is 0 Å². The van der Waals surface area contributed by atoms with Crippen LogP contribution >= 0.6 is 0 Å². The monoisotopic (exact) mass is 328 g/mol. The summed E-state index contributed by atoms with van der Waals surface area (Å²) in [7, 11) is 0. The van der Waals surface area contributed by atoms with E-state index < -0.39 is 11.6 Å². The Kier molecular flexibility index (Phi) is 4.55. The van der Waals surface area contributed by atoms with E-state index in [1.807, 2.05) is 12.1 Å². The van der Waals surface area contributed by atoms with Crippen molar-refractivity contribution in [2.45, 2.75) is 26.3 Å². The molecular weight excluding hydrogens is 310 g/mol. The average molecular weight is 328 g/mol. The van der Waals surface area contributed by atoms with Gasteiger partial charge in [0, 0.05) is 30.1 Å². The van der Waals surface area contributed by atoms with Crippen molar-refractivity contribution in [3.8, 4) is 11.1 Å². The van der Waals surface area contributed by atoms with Crippen LogP contribution in [0.4, 0.5) is 14.6 Å². The predicted octanol–water partition coefficient (Wildman–Crippen LogP) is 4.49. The van der Waals surface area contributed by atoms with Crippen molar-refractivity contribution >= 4 is 5.82 Å². The van der Waals surface area contributed by atoms with Crippen LogP contribution in [0.15, 0.2) is 42.7 Å². The van der Waals surface area contributed by atoms with Gasteiger partial charge in [-0.3, -0.25) is 5.10 Å². The summed E-state index contributed by atoms with van der Waals surface area (Å²) in [6.07, 6.45) is 3.48. The number of nitrogens with zero attached hydrogens (tertiary/aromatic N) is 2. The average Bonchev–Trinajstić information content (AvgIpc) is 3.02. The molecular formula is C18H18F2N4. The maximum absolute atomic E-state index is 13.2. The van der Waals surface area contributed by atoms with E-state index in [0.717, 1.165) is 22.9 Å². The molecule has 1 aromatic carbocycles. The van der Waals surface area contributed by atoms with Crippen molar-refractivity contribution in [1.29, 1.82) is 0 Å². The van der Waals surface area contributed by atoms with E-state index in [0.29, 0.717) is 17.3 Å². The Morgan fingerprint density at radius 2 is 1.88 bits per heavy atom. The molecule has 2 heterocycles. The predicted molar refractivity (Wildman–Crippen MR) is 89.6 cm³/mol. The normalized spacial score (nSPS) is 11.0. The van der Waals surface area contributed by atoms with E-state index in [-0.39, 0.29) is 6.54 Å². The summed E-state index contributed by atoms with van der Waals surface area (Å²) in [5, 5.41) is 10.2. The van der Waals surface area contributed by atoms with E-state index in [1.54, 1.807) is 12.4 Å². The van der Waals surface area contributed by atoms with Crippen molar-refractivity contribution in [2.24, 2.45) is 0 Å². The van der Waals surface area contributed by atoms with Crippen molar-refractivity contribution in [1.82, 2.24) is 15.2 Å². The summed E-state index contributed by atoms with van der Waals surface area (Å²) >= 11 is 0. The van der Waals surface area contributed by atoms with Crippen LogP contribution in [0.25, 0.3) is 11.1 Å². The molecule has 2 aromatic heterocycles. The molecule has 0 spiro atoms. The van der Waals surface area contributed by atoms with Crippen LogP contribution < -0.4 is 5.32 Å². The lowest BCUT2D eigenvalue weighted by molar-refractivity contribution is 0.580. The van der Waals surface area contributed by atoms with Crippen molar-refractivity contribution < 1.29 is 8.78 Å². The van der Waals surface area contributed by atoms with Crippen LogP contribution in [0.1, 0.15) is 31.0 Å². The number of anilines is 1. The third-order valence-electron chi connectivity index (χ3n) is 3.71. The van der Waals surface area contributed by atoms with Gasteiger partial charge < -0.3 is 5.32 Å². The molecule has 124 valence electrons. The largest absolute Gasteiger partial charge is 0.366 e. The molecule has 0 aliphatic rings. The maximum Gasteiger partial charge on any atom is 0.126 e. The van der Waals surface area contributed by atoms with Gasteiger partial charge in [0.25, 0.3) is 0 Å². The number of halogens is 2. The number of aromatic amines is 1. The fourth-order valence-corrected chi connectivity index (χ4v) is 2.57. The van der Waals surface area contributed by atoms with Gasteiger partial charge in [0.1, 0.15) is 17.5 Å². The van der Waals surface area contributed by atoms with Crippen LogP contribution in [-0.2, 0) is 6.54 Å². The first-order valence-corrected chi connectivity index (χ1v) is 7.71. The first kappa shape index (κ1) is 16.1. The lowest BCUT2D eigenvalue weighted by Gasteiger charge is -2.09. The molecule has 0 unspecified atom stereocenters. The van der Waals surface area contributed by atoms with E-state index in [4.69, 9.17) is 0 Å². The van der Waals surface area contributed by atoms with Gasteiger partial charge in [-0.1, -0.05) is 13.8 Å². The second kappa shape index (κ2) is 6.78. The van der Waals surface area contributed by atoms with Gasteiger partial charge in [-0.15, -0.1) is 0 Å². The second-order valence-corrected chi connectivity index (χ2v) is 5.91.